The topological polar surface area (TPSA) is 59.2 Å². The predicted molar refractivity (Wildman–Crippen MR) is 98.7 cm³/mol. The third-order valence-electron chi connectivity index (χ3n) is 4.66. The van der Waals surface area contributed by atoms with Gasteiger partial charge in [-0.15, -0.1) is 0 Å². The van der Waals surface area contributed by atoms with Crippen LogP contribution < -0.4 is 0 Å². The second kappa shape index (κ2) is 7.12. The van der Waals surface area contributed by atoms with Crippen molar-refractivity contribution in [1.82, 2.24) is 15.0 Å². The molecular formula is C20H17ClFN3O2. The number of rotatable bonds is 4. The zero-order valence-corrected chi connectivity index (χ0v) is 15.4. The first kappa shape index (κ1) is 17.7. The molecule has 1 atom stereocenters. The smallest absolute Gasteiger partial charge is 0.232 e. The van der Waals surface area contributed by atoms with E-state index in [2.05, 4.69) is 10.1 Å². The summed E-state index contributed by atoms with van der Waals surface area (Å²) in [5.41, 5.74) is 2.69. The molecule has 1 fully saturated rings. The molecule has 1 aromatic heterocycles. The maximum atomic E-state index is 13.2. The Kier molecular flexibility index (Phi) is 4.66. The molecule has 0 saturated carbocycles. The molecule has 1 aliphatic heterocycles. The minimum absolute atomic E-state index is 0.0179. The first-order valence-corrected chi connectivity index (χ1v) is 9.00. The maximum Gasteiger partial charge on any atom is 0.232 e. The molecule has 138 valence electrons. The first-order chi connectivity index (χ1) is 13.0. The second-order valence-corrected chi connectivity index (χ2v) is 7.14. The fourth-order valence-corrected chi connectivity index (χ4v) is 3.48. The van der Waals surface area contributed by atoms with Gasteiger partial charge in [-0.3, -0.25) is 4.79 Å². The molecule has 0 aliphatic carbocycles. The number of aryl methyl sites for hydroxylation is 1. The van der Waals surface area contributed by atoms with Crippen molar-refractivity contribution >= 4 is 17.5 Å². The van der Waals surface area contributed by atoms with Crippen molar-refractivity contribution < 1.29 is 13.7 Å². The molecule has 0 N–H and O–H groups in total. The van der Waals surface area contributed by atoms with Gasteiger partial charge in [-0.1, -0.05) is 46.6 Å². The Morgan fingerprint density at radius 2 is 2.15 bits per heavy atom. The van der Waals surface area contributed by atoms with Crippen molar-refractivity contribution in [2.75, 3.05) is 6.54 Å². The highest BCUT2D eigenvalue weighted by Crippen LogP contribution is 2.31. The van der Waals surface area contributed by atoms with E-state index in [4.69, 9.17) is 16.1 Å². The van der Waals surface area contributed by atoms with Gasteiger partial charge in [0.25, 0.3) is 0 Å². The summed E-state index contributed by atoms with van der Waals surface area (Å²) in [6, 6.07) is 12.0. The van der Waals surface area contributed by atoms with Crippen LogP contribution in [0.3, 0.4) is 0 Å². The molecular weight excluding hydrogens is 369 g/mol. The van der Waals surface area contributed by atoms with Crippen LogP contribution in [0.4, 0.5) is 4.39 Å². The highest BCUT2D eigenvalue weighted by atomic mass is 35.5. The van der Waals surface area contributed by atoms with Crippen LogP contribution in [-0.4, -0.2) is 27.5 Å². The largest absolute Gasteiger partial charge is 0.339 e. The standard InChI is InChI=1S/C20H17ClFN3O2/c1-12-3-2-4-13(7-12)19-23-20(27-24-19)15-8-18(26)25(11-15)10-14-5-6-16(22)9-17(14)21/h2-7,9,15H,8,10-11H2,1H3. The molecule has 4 rings (SSSR count). The van der Waals surface area contributed by atoms with Gasteiger partial charge in [0.2, 0.25) is 17.6 Å². The zero-order chi connectivity index (χ0) is 19.0. The van der Waals surface area contributed by atoms with Gasteiger partial charge in [-0.2, -0.15) is 4.98 Å². The van der Waals surface area contributed by atoms with Gasteiger partial charge in [0, 0.05) is 30.1 Å². The predicted octanol–water partition coefficient (Wildman–Crippen LogP) is 4.35. The summed E-state index contributed by atoms with van der Waals surface area (Å²) in [6.45, 7) is 2.79. The van der Waals surface area contributed by atoms with E-state index in [-0.39, 0.29) is 11.8 Å². The number of benzene rings is 2. The summed E-state index contributed by atoms with van der Waals surface area (Å²) in [5, 5.41) is 4.36. The molecule has 0 radical (unpaired) electrons. The molecule has 1 unspecified atom stereocenters. The van der Waals surface area contributed by atoms with Crippen molar-refractivity contribution in [2.24, 2.45) is 0 Å². The molecule has 7 heteroatoms. The molecule has 2 heterocycles. The average molecular weight is 386 g/mol. The van der Waals surface area contributed by atoms with Crippen molar-refractivity contribution in [3.8, 4) is 11.4 Å². The van der Waals surface area contributed by atoms with E-state index in [0.717, 1.165) is 11.1 Å². The minimum Gasteiger partial charge on any atom is -0.339 e. The van der Waals surface area contributed by atoms with Crippen molar-refractivity contribution in [2.45, 2.75) is 25.8 Å². The number of hydrogen-bond donors (Lipinski definition) is 0. The van der Waals surface area contributed by atoms with Gasteiger partial charge in [0.1, 0.15) is 5.82 Å². The van der Waals surface area contributed by atoms with Crippen LogP contribution in [0.25, 0.3) is 11.4 Å². The Hall–Kier alpha value is -2.73. The SMILES string of the molecule is Cc1cccc(-c2noc(C3CC(=O)N(Cc4ccc(F)cc4Cl)C3)n2)c1. The Balaban J connectivity index is 1.49. The number of carbonyl (C=O) groups excluding carboxylic acids is 1. The van der Waals surface area contributed by atoms with Crippen molar-refractivity contribution in [1.29, 1.82) is 0 Å². The average Bonchev–Trinajstić information content (AvgIpc) is 3.25. The quantitative estimate of drug-likeness (QED) is 0.669. The van der Waals surface area contributed by atoms with E-state index < -0.39 is 5.82 Å². The lowest BCUT2D eigenvalue weighted by Gasteiger charge is -2.17. The third-order valence-corrected chi connectivity index (χ3v) is 5.01. The summed E-state index contributed by atoms with van der Waals surface area (Å²) in [6.07, 6.45) is 0.300. The van der Waals surface area contributed by atoms with Crippen molar-refractivity contribution in [3.05, 3.63) is 70.3 Å². The number of halogens is 2. The Bertz CT molecular complexity index is 1000. The number of nitrogens with zero attached hydrogens (tertiary/aromatic N) is 3. The van der Waals surface area contributed by atoms with E-state index >= 15 is 0 Å². The van der Waals surface area contributed by atoms with Crippen LogP contribution in [0, 0.1) is 12.7 Å². The number of aromatic nitrogens is 2. The molecule has 1 amide bonds. The molecule has 1 aliphatic rings. The van der Waals surface area contributed by atoms with Crippen LogP contribution in [0.15, 0.2) is 47.0 Å². The highest BCUT2D eigenvalue weighted by Gasteiger charge is 2.34. The van der Waals surface area contributed by atoms with Crippen LogP contribution in [-0.2, 0) is 11.3 Å². The first-order valence-electron chi connectivity index (χ1n) is 8.62. The van der Waals surface area contributed by atoms with Gasteiger partial charge in [-0.25, -0.2) is 4.39 Å². The summed E-state index contributed by atoms with van der Waals surface area (Å²) >= 11 is 6.07. The Morgan fingerprint density at radius 3 is 2.93 bits per heavy atom. The maximum absolute atomic E-state index is 13.2. The summed E-state index contributed by atoms with van der Waals surface area (Å²) < 4.78 is 18.6. The highest BCUT2D eigenvalue weighted by molar-refractivity contribution is 6.31. The molecule has 1 saturated heterocycles. The van der Waals surface area contributed by atoms with Crippen LogP contribution in [0.1, 0.15) is 29.4 Å². The normalized spacial score (nSPS) is 16.9. The number of amides is 1. The molecule has 27 heavy (non-hydrogen) atoms. The lowest BCUT2D eigenvalue weighted by atomic mass is 10.1. The number of carbonyl (C=O) groups is 1. The van der Waals surface area contributed by atoms with Crippen molar-refractivity contribution in [3.63, 3.8) is 0 Å². The lowest BCUT2D eigenvalue weighted by Crippen LogP contribution is -2.24. The van der Waals surface area contributed by atoms with E-state index in [0.29, 0.717) is 41.8 Å². The number of likely N-dealkylation sites (tertiary alicyclic amines) is 1. The van der Waals surface area contributed by atoms with Gasteiger partial charge in [0.05, 0.1) is 5.92 Å². The summed E-state index contributed by atoms with van der Waals surface area (Å²) in [5.74, 6) is 0.385. The van der Waals surface area contributed by atoms with Gasteiger partial charge in [0.15, 0.2) is 0 Å². The summed E-state index contributed by atoms with van der Waals surface area (Å²) in [7, 11) is 0. The molecule has 2 aromatic carbocycles. The fraction of sp³-hybridized carbons (Fsp3) is 0.250. The van der Waals surface area contributed by atoms with E-state index in [1.165, 1.54) is 12.1 Å². The zero-order valence-electron chi connectivity index (χ0n) is 14.7. The van der Waals surface area contributed by atoms with Crippen LogP contribution in [0.2, 0.25) is 5.02 Å². The van der Waals surface area contributed by atoms with Gasteiger partial charge in [-0.05, 0) is 30.7 Å². The van der Waals surface area contributed by atoms with E-state index in [1.54, 1.807) is 11.0 Å². The van der Waals surface area contributed by atoms with Gasteiger partial charge >= 0.3 is 0 Å². The minimum atomic E-state index is -0.399. The van der Waals surface area contributed by atoms with E-state index in [9.17, 15) is 9.18 Å². The third kappa shape index (κ3) is 3.71. The molecule has 5 nitrogen and oxygen atoms in total. The Labute approximate surface area is 160 Å². The second-order valence-electron chi connectivity index (χ2n) is 6.74. The monoisotopic (exact) mass is 385 g/mol. The van der Waals surface area contributed by atoms with Crippen LogP contribution >= 0.6 is 11.6 Å². The van der Waals surface area contributed by atoms with E-state index in [1.807, 2.05) is 31.2 Å². The fourth-order valence-electron chi connectivity index (χ4n) is 3.25. The molecule has 0 spiro atoms. The molecule has 3 aromatic rings. The van der Waals surface area contributed by atoms with Crippen LogP contribution in [0.5, 0.6) is 0 Å². The Morgan fingerprint density at radius 1 is 1.30 bits per heavy atom. The molecule has 0 bridgehead atoms. The number of hydrogen-bond acceptors (Lipinski definition) is 4. The lowest BCUT2D eigenvalue weighted by molar-refractivity contribution is -0.128. The summed E-state index contributed by atoms with van der Waals surface area (Å²) in [4.78, 5) is 18.5. The van der Waals surface area contributed by atoms with Gasteiger partial charge < -0.3 is 9.42 Å².